The SMILES string of the molecule is CCN1CCC(CCC(=O)/C=C/C(C)C)CC1. The van der Waals surface area contributed by atoms with Crippen molar-refractivity contribution in [2.24, 2.45) is 11.8 Å². The van der Waals surface area contributed by atoms with E-state index in [0.717, 1.165) is 18.8 Å². The van der Waals surface area contributed by atoms with Gasteiger partial charge in [-0.2, -0.15) is 0 Å². The van der Waals surface area contributed by atoms with E-state index >= 15 is 0 Å². The number of nitrogens with zero attached hydrogens (tertiary/aromatic N) is 1. The van der Waals surface area contributed by atoms with Crippen molar-refractivity contribution in [3.8, 4) is 0 Å². The van der Waals surface area contributed by atoms with Crippen molar-refractivity contribution in [1.82, 2.24) is 4.90 Å². The lowest BCUT2D eigenvalue weighted by Crippen LogP contribution is -2.33. The summed E-state index contributed by atoms with van der Waals surface area (Å²) in [4.78, 5) is 14.1. The Kier molecular flexibility index (Phi) is 6.49. The fourth-order valence-corrected chi connectivity index (χ4v) is 2.32. The van der Waals surface area contributed by atoms with E-state index in [1.54, 1.807) is 6.08 Å². The van der Waals surface area contributed by atoms with Gasteiger partial charge in [0.15, 0.2) is 5.78 Å². The van der Waals surface area contributed by atoms with Crippen LogP contribution in [0, 0.1) is 11.8 Å². The van der Waals surface area contributed by atoms with Crippen molar-refractivity contribution < 1.29 is 4.79 Å². The summed E-state index contributed by atoms with van der Waals surface area (Å²) in [7, 11) is 0. The van der Waals surface area contributed by atoms with Gasteiger partial charge >= 0.3 is 0 Å². The molecule has 1 aliphatic heterocycles. The number of ketones is 1. The number of hydrogen-bond acceptors (Lipinski definition) is 2. The van der Waals surface area contributed by atoms with Crippen molar-refractivity contribution in [3.63, 3.8) is 0 Å². The lowest BCUT2D eigenvalue weighted by Gasteiger charge is -2.30. The van der Waals surface area contributed by atoms with Crippen LogP contribution in [0.2, 0.25) is 0 Å². The average molecular weight is 237 g/mol. The Hall–Kier alpha value is -0.630. The molecule has 0 spiro atoms. The van der Waals surface area contributed by atoms with Gasteiger partial charge in [0, 0.05) is 6.42 Å². The highest BCUT2D eigenvalue weighted by atomic mass is 16.1. The maximum atomic E-state index is 11.6. The highest BCUT2D eigenvalue weighted by Crippen LogP contribution is 2.21. The number of rotatable bonds is 6. The van der Waals surface area contributed by atoms with E-state index in [1.807, 2.05) is 6.08 Å². The molecule has 2 heteroatoms. The van der Waals surface area contributed by atoms with Gasteiger partial charge in [-0.3, -0.25) is 4.79 Å². The van der Waals surface area contributed by atoms with Gasteiger partial charge in [0.05, 0.1) is 0 Å². The number of allylic oxidation sites excluding steroid dienone is 2. The van der Waals surface area contributed by atoms with Crippen molar-refractivity contribution in [3.05, 3.63) is 12.2 Å². The number of hydrogen-bond donors (Lipinski definition) is 0. The molecule has 0 aromatic heterocycles. The molecule has 0 aromatic rings. The molecule has 1 heterocycles. The Morgan fingerprint density at radius 1 is 1.35 bits per heavy atom. The minimum Gasteiger partial charge on any atom is -0.304 e. The molecule has 1 fully saturated rings. The van der Waals surface area contributed by atoms with Crippen LogP contribution in [-0.4, -0.2) is 30.3 Å². The first kappa shape index (κ1) is 14.4. The molecule has 1 rings (SSSR count). The van der Waals surface area contributed by atoms with E-state index in [0.29, 0.717) is 11.7 Å². The first-order valence-electron chi connectivity index (χ1n) is 7.05. The summed E-state index contributed by atoms with van der Waals surface area (Å²) < 4.78 is 0. The van der Waals surface area contributed by atoms with Crippen molar-refractivity contribution in [2.75, 3.05) is 19.6 Å². The van der Waals surface area contributed by atoms with Crippen LogP contribution in [-0.2, 0) is 4.79 Å². The third kappa shape index (κ3) is 6.02. The first-order valence-corrected chi connectivity index (χ1v) is 7.05. The summed E-state index contributed by atoms with van der Waals surface area (Å²) in [6.07, 6.45) is 8.14. The predicted octanol–water partition coefficient (Wildman–Crippen LogP) is 3.28. The molecule has 0 unspecified atom stereocenters. The van der Waals surface area contributed by atoms with Crippen LogP contribution < -0.4 is 0 Å². The second-order valence-electron chi connectivity index (χ2n) is 5.49. The molecule has 1 aliphatic rings. The topological polar surface area (TPSA) is 20.3 Å². The standard InChI is InChI=1S/C15H27NO/c1-4-16-11-9-14(10-12-16)6-8-15(17)7-5-13(2)3/h5,7,13-14H,4,6,8-12H2,1-3H3/b7-5+. The monoisotopic (exact) mass is 237 g/mol. The molecule has 0 atom stereocenters. The number of piperidine rings is 1. The molecule has 0 aromatic carbocycles. The van der Waals surface area contributed by atoms with Crippen LogP contribution >= 0.6 is 0 Å². The summed E-state index contributed by atoms with van der Waals surface area (Å²) in [6, 6.07) is 0. The van der Waals surface area contributed by atoms with Crippen LogP contribution in [0.3, 0.4) is 0 Å². The molecule has 0 saturated carbocycles. The van der Waals surface area contributed by atoms with E-state index in [4.69, 9.17) is 0 Å². The fraction of sp³-hybridized carbons (Fsp3) is 0.800. The maximum Gasteiger partial charge on any atom is 0.155 e. The molecular formula is C15H27NO. The summed E-state index contributed by atoms with van der Waals surface area (Å²) in [5.41, 5.74) is 0. The lowest BCUT2D eigenvalue weighted by molar-refractivity contribution is -0.115. The smallest absolute Gasteiger partial charge is 0.155 e. The number of carbonyl (C=O) groups is 1. The Labute approximate surface area is 106 Å². The van der Waals surface area contributed by atoms with Gasteiger partial charge < -0.3 is 4.90 Å². The quantitative estimate of drug-likeness (QED) is 0.661. The minimum absolute atomic E-state index is 0.302. The number of carbonyl (C=O) groups excluding carboxylic acids is 1. The Bertz CT molecular complexity index is 250. The zero-order valence-electron chi connectivity index (χ0n) is 11.6. The number of likely N-dealkylation sites (tertiary alicyclic amines) is 1. The van der Waals surface area contributed by atoms with Gasteiger partial charge in [0.2, 0.25) is 0 Å². The van der Waals surface area contributed by atoms with E-state index in [1.165, 1.54) is 32.5 Å². The third-order valence-electron chi connectivity index (χ3n) is 3.62. The van der Waals surface area contributed by atoms with Crippen LogP contribution in [0.15, 0.2) is 12.2 Å². The van der Waals surface area contributed by atoms with E-state index < -0.39 is 0 Å². The van der Waals surface area contributed by atoms with Gasteiger partial charge in [-0.15, -0.1) is 0 Å². The zero-order valence-corrected chi connectivity index (χ0v) is 11.6. The van der Waals surface area contributed by atoms with Crippen molar-refractivity contribution >= 4 is 5.78 Å². The van der Waals surface area contributed by atoms with Gasteiger partial charge in [-0.25, -0.2) is 0 Å². The summed E-state index contributed by atoms with van der Waals surface area (Å²) in [5.74, 6) is 1.55. The average Bonchev–Trinajstić information content (AvgIpc) is 2.34. The van der Waals surface area contributed by atoms with Gasteiger partial charge in [-0.05, 0) is 56.8 Å². The normalized spacial score (nSPS) is 19.3. The molecule has 98 valence electrons. The molecular weight excluding hydrogens is 210 g/mol. The first-order chi connectivity index (χ1) is 8.11. The van der Waals surface area contributed by atoms with Crippen LogP contribution in [0.5, 0.6) is 0 Å². The molecule has 2 nitrogen and oxygen atoms in total. The van der Waals surface area contributed by atoms with Crippen molar-refractivity contribution in [2.45, 2.75) is 46.5 Å². The van der Waals surface area contributed by atoms with Crippen LogP contribution in [0.1, 0.15) is 46.5 Å². The molecule has 0 aliphatic carbocycles. The van der Waals surface area contributed by atoms with Gasteiger partial charge in [0.25, 0.3) is 0 Å². The minimum atomic E-state index is 0.302. The highest BCUT2D eigenvalue weighted by molar-refractivity contribution is 5.89. The maximum absolute atomic E-state index is 11.6. The van der Waals surface area contributed by atoms with Crippen LogP contribution in [0.25, 0.3) is 0 Å². The molecule has 0 amide bonds. The summed E-state index contributed by atoms with van der Waals surface area (Å²) in [6.45, 7) is 10.0. The molecule has 0 bridgehead atoms. The van der Waals surface area contributed by atoms with E-state index in [2.05, 4.69) is 25.7 Å². The molecule has 17 heavy (non-hydrogen) atoms. The zero-order chi connectivity index (χ0) is 12.7. The second-order valence-corrected chi connectivity index (χ2v) is 5.49. The van der Waals surface area contributed by atoms with E-state index in [-0.39, 0.29) is 0 Å². The molecule has 0 N–H and O–H groups in total. The second kappa shape index (κ2) is 7.65. The predicted molar refractivity (Wildman–Crippen MR) is 73.1 cm³/mol. The molecule has 1 saturated heterocycles. The Morgan fingerprint density at radius 3 is 2.53 bits per heavy atom. The Morgan fingerprint density at radius 2 is 2.00 bits per heavy atom. The largest absolute Gasteiger partial charge is 0.304 e. The van der Waals surface area contributed by atoms with Crippen molar-refractivity contribution in [1.29, 1.82) is 0 Å². The molecule has 0 radical (unpaired) electrons. The summed E-state index contributed by atoms with van der Waals surface area (Å²) >= 11 is 0. The van der Waals surface area contributed by atoms with Gasteiger partial charge in [0.1, 0.15) is 0 Å². The highest BCUT2D eigenvalue weighted by Gasteiger charge is 2.18. The Balaban J connectivity index is 2.17. The lowest BCUT2D eigenvalue weighted by atomic mass is 9.91. The fourth-order valence-electron chi connectivity index (χ4n) is 2.32. The third-order valence-corrected chi connectivity index (χ3v) is 3.62. The van der Waals surface area contributed by atoms with E-state index in [9.17, 15) is 4.79 Å². The van der Waals surface area contributed by atoms with Crippen LogP contribution in [0.4, 0.5) is 0 Å². The van der Waals surface area contributed by atoms with Gasteiger partial charge in [-0.1, -0.05) is 26.8 Å². The summed E-state index contributed by atoms with van der Waals surface area (Å²) in [5, 5.41) is 0.